The summed E-state index contributed by atoms with van der Waals surface area (Å²) in [5.41, 5.74) is 0. The summed E-state index contributed by atoms with van der Waals surface area (Å²) in [5, 5.41) is 4.39. The van der Waals surface area contributed by atoms with Crippen molar-refractivity contribution in [2.75, 3.05) is 32.4 Å². The number of thioether (sulfide) groups is 1. The Kier molecular flexibility index (Phi) is 9.16. The maximum Gasteiger partial charge on any atom is 0.0201 e. The summed E-state index contributed by atoms with van der Waals surface area (Å²) in [5.74, 6) is 1.30. The van der Waals surface area contributed by atoms with Gasteiger partial charge in [0.05, 0.1) is 0 Å². The molecule has 0 aromatic rings. The second-order valence-electron chi connectivity index (χ2n) is 5.32. The first kappa shape index (κ1) is 16.3. The number of hydrogen-bond acceptors (Lipinski definition) is 3. The summed E-state index contributed by atoms with van der Waals surface area (Å²) >= 11 is 2.21. The van der Waals surface area contributed by atoms with E-state index in [1.165, 1.54) is 63.9 Å². The first-order chi connectivity index (χ1) is 8.81. The molecule has 0 aromatic carbocycles. The van der Waals surface area contributed by atoms with Gasteiger partial charge < -0.3 is 10.2 Å². The van der Waals surface area contributed by atoms with E-state index in [1.807, 2.05) is 0 Å². The van der Waals surface area contributed by atoms with Crippen LogP contribution >= 0.6 is 11.8 Å². The molecule has 0 radical (unpaired) electrons. The molecule has 1 fully saturated rings. The van der Waals surface area contributed by atoms with Crippen molar-refractivity contribution in [3.8, 4) is 0 Å². The largest absolute Gasteiger partial charge is 0.316 e. The predicted molar refractivity (Wildman–Crippen MR) is 84.6 cm³/mol. The van der Waals surface area contributed by atoms with Crippen LogP contribution in [0.2, 0.25) is 0 Å². The molecule has 0 aliphatic heterocycles. The van der Waals surface area contributed by atoms with Gasteiger partial charge in [-0.2, -0.15) is 11.8 Å². The molecule has 0 spiro atoms. The van der Waals surface area contributed by atoms with Gasteiger partial charge in [0, 0.05) is 23.6 Å². The van der Waals surface area contributed by atoms with Crippen LogP contribution in [0.25, 0.3) is 0 Å². The Hall–Kier alpha value is 0.270. The van der Waals surface area contributed by atoms with E-state index in [4.69, 9.17) is 0 Å². The van der Waals surface area contributed by atoms with E-state index in [2.05, 4.69) is 42.9 Å². The van der Waals surface area contributed by atoms with E-state index in [0.717, 1.165) is 11.3 Å². The Morgan fingerprint density at radius 1 is 1.06 bits per heavy atom. The highest BCUT2D eigenvalue weighted by atomic mass is 32.2. The van der Waals surface area contributed by atoms with Crippen molar-refractivity contribution in [3.05, 3.63) is 0 Å². The minimum Gasteiger partial charge on any atom is -0.316 e. The number of nitrogens with zero attached hydrogens (tertiary/aromatic N) is 1. The molecule has 2 atom stereocenters. The molecule has 0 bridgehead atoms. The summed E-state index contributed by atoms with van der Waals surface area (Å²) in [6.07, 6.45) is 8.52. The molecule has 1 rings (SSSR count). The minimum absolute atomic E-state index is 0.743. The molecule has 0 aromatic heterocycles. The minimum atomic E-state index is 0.743. The lowest BCUT2D eigenvalue weighted by Crippen LogP contribution is -2.37. The third-order valence-electron chi connectivity index (χ3n) is 4.21. The van der Waals surface area contributed by atoms with Gasteiger partial charge in [-0.1, -0.05) is 39.5 Å². The van der Waals surface area contributed by atoms with Crippen molar-refractivity contribution in [1.29, 1.82) is 0 Å². The molecule has 2 nitrogen and oxygen atoms in total. The summed E-state index contributed by atoms with van der Waals surface area (Å²) < 4.78 is 0. The lowest BCUT2D eigenvalue weighted by Gasteiger charge is -2.29. The van der Waals surface area contributed by atoms with E-state index in [0.29, 0.717) is 0 Å². The van der Waals surface area contributed by atoms with Crippen LogP contribution in [0.15, 0.2) is 0 Å². The van der Waals surface area contributed by atoms with E-state index >= 15 is 0 Å². The fourth-order valence-corrected chi connectivity index (χ4v) is 4.36. The highest BCUT2D eigenvalue weighted by Gasteiger charge is 2.21. The van der Waals surface area contributed by atoms with Gasteiger partial charge in [0.1, 0.15) is 0 Å². The Morgan fingerprint density at radius 3 is 2.33 bits per heavy atom. The van der Waals surface area contributed by atoms with Crippen molar-refractivity contribution >= 4 is 11.8 Å². The molecule has 0 heterocycles. The Bertz CT molecular complexity index is 195. The van der Waals surface area contributed by atoms with E-state index in [-0.39, 0.29) is 0 Å². The molecule has 1 aliphatic rings. The Balaban J connectivity index is 2.31. The molecular weight excluding hydrogens is 240 g/mol. The van der Waals surface area contributed by atoms with Crippen LogP contribution in [0, 0.1) is 0 Å². The molecule has 3 heteroatoms. The van der Waals surface area contributed by atoms with Crippen LogP contribution in [-0.4, -0.2) is 48.6 Å². The van der Waals surface area contributed by atoms with Gasteiger partial charge in [-0.25, -0.2) is 0 Å². The van der Waals surface area contributed by atoms with Crippen LogP contribution in [0.4, 0.5) is 0 Å². The molecule has 2 unspecified atom stereocenters. The third kappa shape index (κ3) is 5.94. The number of rotatable bonds is 7. The average Bonchev–Trinajstić information content (AvgIpc) is 2.37. The van der Waals surface area contributed by atoms with E-state index in [1.54, 1.807) is 0 Å². The molecule has 18 heavy (non-hydrogen) atoms. The van der Waals surface area contributed by atoms with Gasteiger partial charge in [-0.3, -0.25) is 0 Å². The fourth-order valence-electron chi connectivity index (χ4n) is 2.85. The molecule has 0 saturated heterocycles. The maximum absolute atomic E-state index is 3.55. The van der Waals surface area contributed by atoms with E-state index < -0.39 is 0 Å². The Morgan fingerprint density at radius 2 is 1.72 bits per heavy atom. The Labute approximate surface area is 118 Å². The molecule has 1 aliphatic carbocycles. The van der Waals surface area contributed by atoms with Crippen LogP contribution in [-0.2, 0) is 0 Å². The standard InChI is InChI=1S/C15H32N2S/c1-4-17(5-2)12-13-18-15-11-9-7-6-8-10-14(15)16-3/h14-16H,4-13H2,1-3H3. The first-order valence-electron chi connectivity index (χ1n) is 7.83. The van der Waals surface area contributed by atoms with Gasteiger partial charge in [0.25, 0.3) is 0 Å². The summed E-state index contributed by atoms with van der Waals surface area (Å²) in [7, 11) is 2.14. The summed E-state index contributed by atoms with van der Waals surface area (Å²) in [4.78, 5) is 2.53. The second kappa shape index (κ2) is 10.1. The van der Waals surface area contributed by atoms with Gasteiger partial charge in [0.2, 0.25) is 0 Å². The predicted octanol–water partition coefficient (Wildman–Crippen LogP) is 3.37. The zero-order valence-electron chi connectivity index (χ0n) is 12.6. The van der Waals surface area contributed by atoms with Crippen LogP contribution in [0.5, 0.6) is 0 Å². The SMILES string of the molecule is CCN(CC)CCSC1CCCCCCC1NC. The third-order valence-corrected chi connectivity index (χ3v) is 5.62. The lowest BCUT2D eigenvalue weighted by molar-refractivity contribution is 0.323. The van der Waals surface area contributed by atoms with Crippen molar-refractivity contribution in [3.63, 3.8) is 0 Å². The second-order valence-corrected chi connectivity index (χ2v) is 6.67. The smallest absolute Gasteiger partial charge is 0.0201 e. The van der Waals surface area contributed by atoms with Gasteiger partial charge in [-0.15, -0.1) is 0 Å². The lowest BCUT2D eigenvalue weighted by atomic mass is 9.96. The van der Waals surface area contributed by atoms with Gasteiger partial charge in [0.15, 0.2) is 0 Å². The fraction of sp³-hybridized carbons (Fsp3) is 1.00. The summed E-state index contributed by atoms with van der Waals surface area (Å²) in [6.45, 7) is 8.17. The normalized spacial score (nSPS) is 26.0. The quantitative estimate of drug-likeness (QED) is 0.765. The zero-order valence-corrected chi connectivity index (χ0v) is 13.4. The van der Waals surface area contributed by atoms with Crippen molar-refractivity contribution in [2.45, 2.75) is 63.7 Å². The van der Waals surface area contributed by atoms with Gasteiger partial charge in [-0.05, 0) is 33.0 Å². The maximum atomic E-state index is 3.55. The van der Waals surface area contributed by atoms with Crippen LogP contribution in [0.1, 0.15) is 52.4 Å². The van der Waals surface area contributed by atoms with Crippen LogP contribution < -0.4 is 5.32 Å². The monoisotopic (exact) mass is 272 g/mol. The zero-order chi connectivity index (χ0) is 13.2. The highest BCUT2D eigenvalue weighted by molar-refractivity contribution is 8.00. The van der Waals surface area contributed by atoms with Crippen molar-refractivity contribution in [1.82, 2.24) is 10.2 Å². The number of hydrogen-bond donors (Lipinski definition) is 1. The molecular formula is C15H32N2S. The molecule has 108 valence electrons. The van der Waals surface area contributed by atoms with Crippen LogP contribution in [0.3, 0.4) is 0 Å². The number of nitrogens with one attached hydrogen (secondary N) is 1. The topological polar surface area (TPSA) is 15.3 Å². The van der Waals surface area contributed by atoms with Crippen molar-refractivity contribution in [2.24, 2.45) is 0 Å². The highest BCUT2D eigenvalue weighted by Crippen LogP contribution is 2.27. The molecule has 1 saturated carbocycles. The van der Waals surface area contributed by atoms with Crippen molar-refractivity contribution < 1.29 is 0 Å². The first-order valence-corrected chi connectivity index (χ1v) is 8.87. The van der Waals surface area contributed by atoms with E-state index in [9.17, 15) is 0 Å². The molecule has 0 amide bonds. The molecule has 1 N–H and O–H groups in total. The average molecular weight is 273 g/mol. The van der Waals surface area contributed by atoms with Gasteiger partial charge >= 0.3 is 0 Å². The summed E-state index contributed by atoms with van der Waals surface area (Å²) in [6, 6.07) is 0.743.